The van der Waals surface area contributed by atoms with E-state index >= 15 is 0 Å². The predicted octanol–water partition coefficient (Wildman–Crippen LogP) is 4.03. The molecule has 4 rings (SSSR count). The van der Waals surface area contributed by atoms with Crippen molar-refractivity contribution in [3.05, 3.63) is 83.4 Å². The number of sulfonamides is 1. The number of carbonyl (C=O) groups is 3. The standard InChI is InChI=1S/C21H23ClN2O6S.C6H4/c1-31(29,30)24-21(11-12-25,23-19(26)9-10-20(27)28)14-15-5-7-16(8-6-15)17-3-2-4-18(22)13-17;1-2-5-4-6(5)3-1/h2-8,12-13,24H,9-11,14H2,1H3,(H,23,26)(H,27,28);1-4H/t21-;/m0./s1. The molecule has 0 saturated heterocycles. The number of aldehydes is 1. The van der Waals surface area contributed by atoms with Gasteiger partial charge >= 0.3 is 5.97 Å². The van der Waals surface area contributed by atoms with Crippen LogP contribution in [0.4, 0.5) is 0 Å². The van der Waals surface area contributed by atoms with E-state index in [1.54, 1.807) is 24.3 Å². The summed E-state index contributed by atoms with van der Waals surface area (Å²) in [6.07, 6.45) is 0.280. The van der Waals surface area contributed by atoms with Crippen molar-refractivity contribution in [2.24, 2.45) is 0 Å². The molecular formula is C27H27ClN2O6S. The fourth-order valence-electron chi connectivity index (χ4n) is 3.82. The molecule has 0 bridgehead atoms. The Labute approximate surface area is 220 Å². The summed E-state index contributed by atoms with van der Waals surface area (Å²) in [4.78, 5) is 34.3. The number of carboxylic acids is 1. The van der Waals surface area contributed by atoms with Crippen molar-refractivity contribution in [1.82, 2.24) is 10.0 Å². The Bertz CT molecular complexity index is 1370. The molecule has 0 unspecified atom stereocenters. The van der Waals surface area contributed by atoms with Gasteiger partial charge < -0.3 is 15.2 Å². The van der Waals surface area contributed by atoms with Crippen LogP contribution in [0.2, 0.25) is 5.02 Å². The summed E-state index contributed by atoms with van der Waals surface area (Å²) in [5.41, 5.74) is 3.67. The number of amides is 1. The van der Waals surface area contributed by atoms with Crippen molar-refractivity contribution >= 4 is 39.8 Å². The maximum Gasteiger partial charge on any atom is 0.303 e. The van der Waals surface area contributed by atoms with Crippen LogP contribution in [-0.4, -0.2) is 43.6 Å². The van der Waals surface area contributed by atoms with Gasteiger partial charge in [-0.3, -0.25) is 9.59 Å². The second-order valence-corrected chi connectivity index (χ2v) is 10.9. The number of carboxylic acid groups (broad SMARTS) is 1. The highest BCUT2D eigenvalue weighted by molar-refractivity contribution is 7.88. The van der Waals surface area contributed by atoms with Gasteiger partial charge in [-0.1, -0.05) is 66.2 Å². The lowest BCUT2D eigenvalue weighted by Crippen LogP contribution is -2.62. The first-order chi connectivity index (χ1) is 17.5. The van der Waals surface area contributed by atoms with Gasteiger partial charge in [0.05, 0.1) is 12.7 Å². The first kappa shape index (κ1) is 28.0. The lowest BCUT2D eigenvalue weighted by molar-refractivity contribution is -0.139. The van der Waals surface area contributed by atoms with Crippen LogP contribution < -0.4 is 10.0 Å². The highest BCUT2D eigenvalue weighted by Crippen LogP contribution is 2.32. The molecule has 8 nitrogen and oxygen atoms in total. The number of benzene rings is 3. The molecule has 2 aliphatic rings. The minimum atomic E-state index is -3.81. The lowest BCUT2D eigenvalue weighted by Gasteiger charge is -2.33. The summed E-state index contributed by atoms with van der Waals surface area (Å²) < 4.78 is 26.2. The average Bonchev–Trinajstić information content (AvgIpc) is 3.41. The molecule has 10 heteroatoms. The molecule has 2 aromatic carbocycles. The molecule has 0 spiro atoms. The van der Waals surface area contributed by atoms with Crippen molar-refractivity contribution in [2.45, 2.75) is 31.3 Å². The molecule has 1 amide bonds. The molecule has 2 aliphatic carbocycles. The maximum absolute atomic E-state index is 12.2. The molecule has 194 valence electrons. The van der Waals surface area contributed by atoms with E-state index in [1.165, 1.54) is 11.1 Å². The minimum Gasteiger partial charge on any atom is -0.481 e. The van der Waals surface area contributed by atoms with Crippen LogP contribution in [0.25, 0.3) is 22.3 Å². The Morgan fingerprint density at radius 3 is 2.00 bits per heavy atom. The van der Waals surface area contributed by atoms with Crippen molar-refractivity contribution < 1.29 is 27.9 Å². The number of halogens is 1. The molecule has 0 saturated carbocycles. The minimum absolute atomic E-state index is 0.0204. The highest BCUT2D eigenvalue weighted by atomic mass is 35.5. The van der Waals surface area contributed by atoms with Gasteiger partial charge in [0.2, 0.25) is 15.9 Å². The van der Waals surface area contributed by atoms with Gasteiger partial charge in [0.1, 0.15) is 11.9 Å². The van der Waals surface area contributed by atoms with Crippen LogP contribution in [-0.2, 0) is 30.8 Å². The van der Waals surface area contributed by atoms with E-state index in [-0.39, 0.29) is 19.3 Å². The first-order valence-electron chi connectivity index (χ1n) is 11.4. The summed E-state index contributed by atoms with van der Waals surface area (Å²) in [6.45, 7) is 0. The molecule has 0 aromatic heterocycles. The van der Waals surface area contributed by atoms with E-state index in [0.717, 1.165) is 17.4 Å². The van der Waals surface area contributed by atoms with Gasteiger partial charge in [0, 0.05) is 24.3 Å². The van der Waals surface area contributed by atoms with E-state index in [1.807, 2.05) is 24.3 Å². The Morgan fingerprint density at radius 1 is 0.919 bits per heavy atom. The lowest BCUT2D eigenvalue weighted by atomic mass is 9.95. The molecule has 0 heterocycles. The van der Waals surface area contributed by atoms with Crippen LogP contribution in [0.5, 0.6) is 0 Å². The quantitative estimate of drug-likeness (QED) is 0.194. The van der Waals surface area contributed by atoms with Gasteiger partial charge in [0.15, 0.2) is 0 Å². The van der Waals surface area contributed by atoms with Crippen molar-refractivity contribution in [1.29, 1.82) is 0 Å². The van der Waals surface area contributed by atoms with Crippen molar-refractivity contribution in [2.75, 3.05) is 6.26 Å². The fraction of sp³-hybridized carbons (Fsp3) is 0.222. The van der Waals surface area contributed by atoms with E-state index in [0.29, 0.717) is 16.9 Å². The summed E-state index contributed by atoms with van der Waals surface area (Å²) >= 11 is 6.03. The summed E-state index contributed by atoms with van der Waals surface area (Å²) in [7, 11) is -3.81. The van der Waals surface area contributed by atoms with Crippen LogP contribution in [0.1, 0.15) is 24.8 Å². The summed E-state index contributed by atoms with van der Waals surface area (Å²) in [6, 6.07) is 22.9. The zero-order valence-electron chi connectivity index (χ0n) is 20.1. The Morgan fingerprint density at radius 2 is 1.51 bits per heavy atom. The predicted molar refractivity (Wildman–Crippen MR) is 142 cm³/mol. The normalized spacial score (nSPS) is 12.9. The van der Waals surface area contributed by atoms with E-state index in [2.05, 4.69) is 34.3 Å². The van der Waals surface area contributed by atoms with Gasteiger partial charge in [-0.25, -0.2) is 8.42 Å². The van der Waals surface area contributed by atoms with Crippen LogP contribution in [0.3, 0.4) is 0 Å². The second-order valence-electron chi connectivity index (χ2n) is 8.73. The highest BCUT2D eigenvalue weighted by Gasteiger charge is 2.35. The molecule has 3 N–H and O–H groups in total. The van der Waals surface area contributed by atoms with Crippen molar-refractivity contribution in [3.63, 3.8) is 0 Å². The number of rotatable bonds is 11. The number of hydrogen-bond acceptors (Lipinski definition) is 5. The van der Waals surface area contributed by atoms with Crippen LogP contribution in [0, 0.1) is 0 Å². The first-order valence-corrected chi connectivity index (χ1v) is 13.7. The summed E-state index contributed by atoms with van der Waals surface area (Å²) in [5.74, 6) is -1.85. The van der Waals surface area contributed by atoms with E-state index < -0.39 is 34.0 Å². The smallest absolute Gasteiger partial charge is 0.303 e. The van der Waals surface area contributed by atoms with Gasteiger partial charge in [-0.2, -0.15) is 4.72 Å². The molecule has 0 aliphatic heterocycles. The average molecular weight is 543 g/mol. The fourth-order valence-corrected chi connectivity index (χ4v) is 4.93. The Kier molecular flexibility index (Phi) is 9.20. The summed E-state index contributed by atoms with van der Waals surface area (Å²) in [5, 5.41) is 11.9. The molecule has 2 aromatic rings. The van der Waals surface area contributed by atoms with Gasteiger partial charge in [-0.15, -0.1) is 0 Å². The number of nitrogens with one attached hydrogen (secondary N) is 2. The van der Waals surface area contributed by atoms with Crippen LogP contribution in [0.15, 0.2) is 72.8 Å². The number of aliphatic carboxylic acids is 1. The Balaban J connectivity index is 0.000000542. The van der Waals surface area contributed by atoms with Crippen molar-refractivity contribution in [3.8, 4) is 22.3 Å². The number of hydrogen-bond donors (Lipinski definition) is 3. The number of carbonyl (C=O) groups excluding carboxylic acids is 2. The SMILES string of the molecule is CS(=O)(=O)N[C@@](CC=O)(Cc1ccc(-c2cccc(Cl)c2)cc1)NC(=O)CCC(=O)O.c1cc2cc-2c1. The third kappa shape index (κ3) is 9.13. The van der Waals surface area contributed by atoms with Gasteiger partial charge in [0.25, 0.3) is 0 Å². The van der Waals surface area contributed by atoms with E-state index in [4.69, 9.17) is 16.7 Å². The third-order valence-electron chi connectivity index (χ3n) is 5.49. The third-order valence-corrected chi connectivity index (χ3v) is 6.48. The molecular weight excluding hydrogens is 516 g/mol. The largest absolute Gasteiger partial charge is 0.481 e. The van der Waals surface area contributed by atoms with Crippen LogP contribution >= 0.6 is 11.6 Å². The molecule has 1 atom stereocenters. The van der Waals surface area contributed by atoms with E-state index in [9.17, 15) is 22.8 Å². The topological polar surface area (TPSA) is 130 Å². The van der Waals surface area contributed by atoms with Gasteiger partial charge in [-0.05, 0) is 46.0 Å². The molecule has 37 heavy (non-hydrogen) atoms. The zero-order chi connectivity index (χ0) is 27.1. The maximum atomic E-state index is 12.2. The number of fused-ring (bicyclic) bond motifs is 1. The monoisotopic (exact) mass is 542 g/mol. The Hall–Kier alpha value is -3.53. The molecule has 0 fully saturated rings. The molecule has 0 radical (unpaired) electrons. The zero-order valence-corrected chi connectivity index (χ0v) is 21.7. The second kappa shape index (κ2) is 12.1.